The van der Waals surface area contributed by atoms with Crippen LogP contribution >= 0.6 is 11.3 Å². The van der Waals surface area contributed by atoms with Crippen LogP contribution < -0.4 is 4.74 Å². The van der Waals surface area contributed by atoms with E-state index in [1.807, 2.05) is 38.2 Å². The van der Waals surface area contributed by atoms with Crippen molar-refractivity contribution in [3.8, 4) is 32.8 Å². The SMILES string of the molecule is CC(C)Oc1ccc(-c2ncc(-c3cccc4c3CCC43CCN(CC4(C(=O)O)CC4)C3)s2)cc1C#N. The van der Waals surface area contributed by atoms with Crippen molar-refractivity contribution < 1.29 is 14.6 Å². The Balaban J connectivity index is 1.26. The van der Waals surface area contributed by atoms with Crippen molar-refractivity contribution in [1.82, 2.24) is 9.88 Å². The van der Waals surface area contributed by atoms with Crippen molar-refractivity contribution in [1.29, 1.82) is 5.26 Å². The van der Waals surface area contributed by atoms with Crippen LogP contribution in [0.5, 0.6) is 5.75 Å². The van der Waals surface area contributed by atoms with Gasteiger partial charge in [-0.15, -0.1) is 11.3 Å². The van der Waals surface area contributed by atoms with Gasteiger partial charge in [0.2, 0.25) is 0 Å². The Morgan fingerprint density at radius 2 is 2.08 bits per heavy atom. The number of nitriles is 1. The van der Waals surface area contributed by atoms with Crippen LogP contribution in [0.3, 0.4) is 0 Å². The lowest BCUT2D eigenvalue weighted by Crippen LogP contribution is -2.35. The smallest absolute Gasteiger partial charge is 0.310 e. The second-order valence-corrected chi connectivity index (χ2v) is 12.2. The molecule has 1 spiro atoms. The minimum atomic E-state index is -0.632. The van der Waals surface area contributed by atoms with Gasteiger partial charge in [-0.05, 0) is 87.4 Å². The summed E-state index contributed by atoms with van der Waals surface area (Å²) in [4.78, 5) is 20.0. The first-order chi connectivity index (χ1) is 17.8. The maximum Gasteiger partial charge on any atom is 0.310 e. The Morgan fingerprint density at radius 1 is 1.24 bits per heavy atom. The molecule has 2 heterocycles. The molecule has 1 atom stereocenters. The fourth-order valence-electron chi connectivity index (χ4n) is 6.26. The summed E-state index contributed by atoms with van der Waals surface area (Å²) in [5.74, 6) is -0.0293. The summed E-state index contributed by atoms with van der Waals surface area (Å²) >= 11 is 1.66. The van der Waals surface area contributed by atoms with Crippen molar-refractivity contribution in [3.05, 3.63) is 59.3 Å². The highest BCUT2D eigenvalue weighted by molar-refractivity contribution is 7.18. The number of thiazole rings is 1. The van der Waals surface area contributed by atoms with Crippen LogP contribution in [0.15, 0.2) is 42.6 Å². The van der Waals surface area contributed by atoms with Gasteiger partial charge in [-0.1, -0.05) is 18.2 Å². The number of aromatic nitrogens is 1. The van der Waals surface area contributed by atoms with E-state index < -0.39 is 11.4 Å². The number of carboxylic acid groups (broad SMARTS) is 1. The van der Waals surface area contributed by atoms with Crippen molar-refractivity contribution in [2.24, 2.45) is 5.41 Å². The van der Waals surface area contributed by atoms with Crippen LogP contribution in [0.4, 0.5) is 0 Å². The van der Waals surface area contributed by atoms with Crippen molar-refractivity contribution >= 4 is 17.3 Å². The van der Waals surface area contributed by atoms with Gasteiger partial charge in [0.25, 0.3) is 0 Å². The number of hydrogen-bond donors (Lipinski definition) is 1. The number of likely N-dealkylation sites (tertiary alicyclic amines) is 1. The Labute approximate surface area is 221 Å². The van der Waals surface area contributed by atoms with Crippen LogP contribution in [0.1, 0.15) is 56.2 Å². The molecule has 7 heteroatoms. The number of fused-ring (bicyclic) bond motifs is 2. The van der Waals surface area contributed by atoms with E-state index >= 15 is 0 Å². The van der Waals surface area contributed by atoms with Gasteiger partial charge in [0, 0.05) is 30.3 Å². The van der Waals surface area contributed by atoms with E-state index in [0.29, 0.717) is 17.9 Å². The average Bonchev–Trinajstić information content (AvgIpc) is 3.21. The minimum absolute atomic E-state index is 0.00632. The van der Waals surface area contributed by atoms with Crippen LogP contribution in [0.2, 0.25) is 0 Å². The van der Waals surface area contributed by atoms with Crippen molar-refractivity contribution in [3.63, 3.8) is 0 Å². The minimum Gasteiger partial charge on any atom is -0.490 e. The molecule has 1 aliphatic heterocycles. The van der Waals surface area contributed by atoms with Gasteiger partial charge in [0.05, 0.1) is 22.0 Å². The van der Waals surface area contributed by atoms with Gasteiger partial charge < -0.3 is 14.7 Å². The summed E-state index contributed by atoms with van der Waals surface area (Å²) in [7, 11) is 0. The van der Waals surface area contributed by atoms with Crippen LogP contribution in [-0.2, 0) is 16.6 Å². The van der Waals surface area contributed by atoms with Gasteiger partial charge in [0.1, 0.15) is 16.8 Å². The molecule has 2 fully saturated rings. The maximum absolute atomic E-state index is 11.7. The molecule has 1 N–H and O–H groups in total. The molecular weight excluding hydrogens is 482 g/mol. The zero-order valence-corrected chi connectivity index (χ0v) is 22.1. The highest BCUT2D eigenvalue weighted by atomic mass is 32.1. The lowest BCUT2D eigenvalue weighted by molar-refractivity contribution is -0.144. The normalized spacial score (nSPS) is 21.8. The van der Waals surface area contributed by atoms with Crippen LogP contribution in [0, 0.1) is 16.7 Å². The Kier molecular flexibility index (Phi) is 5.85. The molecule has 0 radical (unpaired) electrons. The standard InChI is InChI=1S/C30H31N3O3S/c1-19(2)36-25-7-6-20(14-21(25)15-31)27-32-16-26(37-27)23-4-3-5-24-22(23)8-9-29(24)12-13-33(17-29)18-30(10-11-30)28(34)35/h3-7,14,16,19H,8-13,17-18H2,1-2H3,(H,34,35). The zero-order chi connectivity index (χ0) is 25.8. The van der Waals surface area contributed by atoms with Crippen molar-refractivity contribution in [2.45, 2.75) is 57.5 Å². The summed E-state index contributed by atoms with van der Waals surface area (Å²) in [6, 6.07) is 14.6. The molecule has 1 saturated carbocycles. The van der Waals surface area contributed by atoms with E-state index in [2.05, 4.69) is 29.2 Å². The lowest BCUT2D eigenvalue weighted by atomic mass is 9.81. The van der Waals surface area contributed by atoms with E-state index in [4.69, 9.17) is 9.72 Å². The van der Waals surface area contributed by atoms with E-state index in [0.717, 1.165) is 60.6 Å². The number of carboxylic acids is 1. The van der Waals surface area contributed by atoms with Gasteiger partial charge in [0.15, 0.2) is 0 Å². The zero-order valence-electron chi connectivity index (χ0n) is 21.3. The van der Waals surface area contributed by atoms with E-state index in [1.54, 1.807) is 11.3 Å². The fraction of sp³-hybridized carbons (Fsp3) is 0.433. The third kappa shape index (κ3) is 4.22. The molecule has 6 nitrogen and oxygen atoms in total. The molecule has 3 aromatic rings. The molecule has 190 valence electrons. The molecule has 6 rings (SSSR count). The molecule has 2 aliphatic carbocycles. The number of rotatable bonds is 7. The summed E-state index contributed by atoms with van der Waals surface area (Å²) in [5, 5.41) is 20.2. The van der Waals surface area contributed by atoms with Gasteiger partial charge in [-0.25, -0.2) is 4.98 Å². The molecule has 1 saturated heterocycles. The summed E-state index contributed by atoms with van der Waals surface area (Å²) in [5.41, 5.74) is 5.17. The lowest BCUT2D eigenvalue weighted by Gasteiger charge is -2.27. The second kappa shape index (κ2) is 8.97. The van der Waals surface area contributed by atoms with E-state index in [9.17, 15) is 15.2 Å². The molecule has 0 bridgehead atoms. The second-order valence-electron chi connectivity index (χ2n) is 11.2. The van der Waals surface area contributed by atoms with E-state index in [-0.39, 0.29) is 11.5 Å². The average molecular weight is 514 g/mol. The highest BCUT2D eigenvalue weighted by Gasteiger charge is 2.53. The molecule has 3 aliphatic rings. The van der Waals surface area contributed by atoms with E-state index in [1.165, 1.54) is 16.7 Å². The van der Waals surface area contributed by atoms with Crippen LogP contribution in [0.25, 0.3) is 21.0 Å². The Bertz CT molecular complexity index is 1420. The number of hydrogen-bond acceptors (Lipinski definition) is 6. The molecule has 1 unspecified atom stereocenters. The van der Waals surface area contributed by atoms with Gasteiger partial charge >= 0.3 is 5.97 Å². The summed E-state index contributed by atoms with van der Waals surface area (Å²) in [6.07, 6.45) is 6.82. The number of carbonyl (C=O) groups is 1. The number of benzene rings is 2. The number of aliphatic carboxylic acids is 1. The number of ether oxygens (including phenoxy) is 1. The molecule has 0 amide bonds. The van der Waals surface area contributed by atoms with Crippen molar-refractivity contribution in [2.75, 3.05) is 19.6 Å². The van der Waals surface area contributed by atoms with Gasteiger partial charge in [-0.2, -0.15) is 5.26 Å². The largest absolute Gasteiger partial charge is 0.490 e. The fourth-order valence-corrected chi connectivity index (χ4v) is 7.22. The first-order valence-electron chi connectivity index (χ1n) is 13.1. The van der Waals surface area contributed by atoms with Crippen LogP contribution in [-0.4, -0.2) is 46.7 Å². The predicted octanol–water partition coefficient (Wildman–Crippen LogP) is 5.89. The predicted molar refractivity (Wildman–Crippen MR) is 144 cm³/mol. The molecule has 1 aromatic heterocycles. The van der Waals surface area contributed by atoms with Gasteiger partial charge in [-0.3, -0.25) is 4.79 Å². The third-order valence-corrected chi connectivity index (χ3v) is 9.43. The maximum atomic E-state index is 11.7. The quantitative estimate of drug-likeness (QED) is 0.424. The Hall–Kier alpha value is -3.21. The highest BCUT2D eigenvalue weighted by Crippen LogP contribution is 2.52. The Morgan fingerprint density at radius 3 is 2.81 bits per heavy atom. The number of nitrogens with zero attached hydrogens (tertiary/aromatic N) is 3. The monoisotopic (exact) mass is 513 g/mol. The first kappa shape index (κ1) is 24.1. The topological polar surface area (TPSA) is 86.4 Å². The third-order valence-electron chi connectivity index (χ3n) is 8.35. The molecular formula is C30H31N3O3S. The molecule has 2 aromatic carbocycles. The molecule has 37 heavy (non-hydrogen) atoms. The first-order valence-corrected chi connectivity index (χ1v) is 13.9. The summed E-state index contributed by atoms with van der Waals surface area (Å²) < 4.78 is 5.78. The summed E-state index contributed by atoms with van der Waals surface area (Å²) in [6.45, 7) is 6.51.